The predicted octanol–water partition coefficient (Wildman–Crippen LogP) is 3.07. The molecular weight excluding hydrogens is 275 g/mol. The van der Waals surface area contributed by atoms with Gasteiger partial charge in [0.25, 0.3) is 0 Å². The zero-order valence-corrected chi connectivity index (χ0v) is 11.6. The molecule has 108 valence electrons. The van der Waals surface area contributed by atoms with Crippen LogP contribution in [0.5, 0.6) is 0 Å². The third-order valence-corrected chi connectivity index (χ3v) is 2.99. The third kappa shape index (κ3) is 3.08. The molecule has 4 nitrogen and oxygen atoms in total. The van der Waals surface area contributed by atoms with E-state index in [2.05, 4.69) is 9.47 Å². The first-order chi connectivity index (χ1) is 10.1. The number of carbonyl (C=O) groups is 2. The summed E-state index contributed by atoms with van der Waals surface area (Å²) in [6.07, 6.45) is 0. The first-order valence-corrected chi connectivity index (χ1v) is 6.13. The summed E-state index contributed by atoms with van der Waals surface area (Å²) in [6, 6.07) is 10.8. The molecule has 0 aliphatic rings. The van der Waals surface area contributed by atoms with Crippen molar-refractivity contribution in [3.63, 3.8) is 0 Å². The highest BCUT2D eigenvalue weighted by molar-refractivity contribution is 5.92. The number of hydrogen-bond acceptors (Lipinski definition) is 4. The average Bonchev–Trinajstić information content (AvgIpc) is 2.53. The maximum absolute atomic E-state index is 13.9. The molecule has 0 aliphatic carbocycles. The summed E-state index contributed by atoms with van der Waals surface area (Å²) >= 11 is 0. The fraction of sp³-hybridized carbons (Fsp3) is 0.125. The number of esters is 2. The molecule has 0 unspecified atom stereocenters. The molecule has 0 N–H and O–H groups in total. The molecular formula is C16H13FO4. The van der Waals surface area contributed by atoms with Crippen LogP contribution in [0, 0.1) is 5.82 Å². The number of hydrogen-bond donors (Lipinski definition) is 0. The molecule has 2 aromatic carbocycles. The van der Waals surface area contributed by atoms with Crippen molar-refractivity contribution in [2.24, 2.45) is 0 Å². The lowest BCUT2D eigenvalue weighted by molar-refractivity contribution is 0.0589. The second kappa shape index (κ2) is 6.17. The number of ether oxygens (including phenoxy) is 2. The number of rotatable bonds is 3. The van der Waals surface area contributed by atoms with Gasteiger partial charge in [-0.05, 0) is 35.4 Å². The van der Waals surface area contributed by atoms with Gasteiger partial charge in [0, 0.05) is 0 Å². The van der Waals surface area contributed by atoms with E-state index < -0.39 is 17.8 Å². The van der Waals surface area contributed by atoms with Gasteiger partial charge in [0.15, 0.2) is 0 Å². The largest absolute Gasteiger partial charge is 0.465 e. The molecule has 5 heteroatoms. The normalized spacial score (nSPS) is 10.0. The van der Waals surface area contributed by atoms with Crippen LogP contribution in [0.4, 0.5) is 4.39 Å². The van der Waals surface area contributed by atoms with E-state index in [1.807, 2.05) is 0 Å². The predicted molar refractivity (Wildman–Crippen MR) is 74.5 cm³/mol. The molecule has 21 heavy (non-hydrogen) atoms. The van der Waals surface area contributed by atoms with Crippen molar-refractivity contribution >= 4 is 11.9 Å². The van der Waals surface area contributed by atoms with E-state index in [1.54, 1.807) is 30.3 Å². The standard InChI is InChI=1S/C16H13FO4/c1-20-15(18)12-5-3-4-10(8-12)11-6-7-13(14(17)9-11)16(19)21-2/h3-9H,1-2H3. The van der Waals surface area contributed by atoms with Gasteiger partial charge in [0.1, 0.15) is 5.82 Å². The molecule has 0 aromatic heterocycles. The van der Waals surface area contributed by atoms with Crippen molar-refractivity contribution < 1.29 is 23.5 Å². The Kier molecular flexibility index (Phi) is 4.33. The van der Waals surface area contributed by atoms with Gasteiger partial charge < -0.3 is 9.47 Å². The van der Waals surface area contributed by atoms with E-state index in [9.17, 15) is 14.0 Å². The van der Waals surface area contributed by atoms with Crippen LogP contribution in [0.1, 0.15) is 20.7 Å². The van der Waals surface area contributed by atoms with Gasteiger partial charge in [-0.3, -0.25) is 0 Å². The van der Waals surface area contributed by atoms with E-state index in [0.717, 1.165) is 0 Å². The lowest BCUT2D eigenvalue weighted by Gasteiger charge is -2.07. The second-order valence-corrected chi connectivity index (χ2v) is 4.26. The fourth-order valence-corrected chi connectivity index (χ4v) is 1.91. The summed E-state index contributed by atoms with van der Waals surface area (Å²) in [7, 11) is 2.48. The molecule has 0 saturated heterocycles. The Morgan fingerprint density at radius 3 is 2.19 bits per heavy atom. The van der Waals surface area contributed by atoms with Crippen molar-refractivity contribution in [1.82, 2.24) is 0 Å². The van der Waals surface area contributed by atoms with E-state index in [0.29, 0.717) is 16.7 Å². The van der Waals surface area contributed by atoms with Gasteiger partial charge >= 0.3 is 11.9 Å². The van der Waals surface area contributed by atoms with Crippen LogP contribution < -0.4 is 0 Å². The van der Waals surface area contributed by atoms with Gasteiger partial charge in [0.05, 0.1) is 25.3 Å². The van der Waals surface area contributed by atoms with Gasteiger partial charge in [-0.1, -0.05) is 18.2 Å². The lowest BCUT2D eigenvalue weighted by Crippen LogP contribution is -2.04. The number of carbonyl (C=O) groups excluding carboxylic acids is 2. The molecule has 0 radical (unpaired) electrons. The molecule has 0 aliphatic heterocycles. The monoisotopic (exact) mass is 288 g/mol. The quantitative estimate of drug-likeness (QED) is 0.814. The molecule has 2 aromatic rings. The molecule has 0 saturated carbocycles. The number of methoxy groups -OCH3 is 2. The van der Waals surface area contributed by atoms with Crippen LogP contribution in [0.25, 0.3) is 11.1 Å². The minimum Gasteiger partial charge on any atom is -0.465 e. The Labute approximate surface area is 121 Å². The Morgan fingerprint density at radius 1 is 0.905 bits per heavy atom. The molecule has 0 fully saturated rings. The number of halogens is 1. The van der Waals surface area contributed by atoms with Crippen LogP contribution in [-0.2, 0) is 9.47 Å². The van der Waals surface area contributed by atoms with Crippen molar-refractivity contribution in [3.05, 3.63) is 59.4 Å². The van der Waals surface area contributed by atoms with Crippen LogP contribution >= 0.6 is 0 Å². The molecule has 0 atom stereocenters. The van der Waals surface area contributed by atoms with Crippen LogP contribution in [0.2, 0.25) is 0 Å². The molecule has 0 spiro atoms. The SMILES string of the molecule is COC(=O)c1cccc(-c2ccc(C(=O)OC)c(F)c2)c1. The van der Waals surface area contributed by atoms with E-state index in [-0.39, 0.29) is 5.56 Å². The zero-order valence-electron chi connectivity index (χ0n) is 11.6. The minimum absolute atomic E-state index is 0.134. The average molecular weight is 288 g/mol. The van der Waals surface area contributed by atoms with Crippen LogP contribution in [0.3, 0.4) is 0 Å². The van der Waals surface area contributed by atoms with Crippen molar-refractivity contribution in [2.45, 2.75) is 0 Å². The highest BCUT2D eigenvalue weighted by atomic mass is 19.1. The molecule has 0 amide bonds. The summed E-state index contributed by atoms with van der Waals surface area (Å²) in [5.74, 6) is -1.88. The van der Waals surface area contributed by atoms with Crippen molar-refractivity contribution in [1.29, 1.82) is 0 Å². The van der Waals surface area contributed by atoms with Gasteiger partial charge in [-0.2, -0.15) is 0 Å². The highest BCUT2D eigenvalue weighted by Gasteiger charge is 2.13. The second-order valence-electron chi connectivity index (χ2n) is 4.26. The first kappa shape index (κ1) is 14.7. The van der Waals surface area contributed by atoms with Crippen molar-refractivity contribution in [3.8, 4) is 11.1 Å². The van der Waals surface area contributed by atoms with E-state index >= 15 is 0 Å². The van der Waals surface area contributed by atoms with Crippen LogP contribution in [0.15, 0.2) is 42.5 Å². The Morgan fingerprint density at radius 2 is 1.57 bits per heavy atom. The molecule has 0 heterocycles. The van der Waals surface area contributed by atoms with Crippen molar-refractivity contribution in [2.75, 3.05) is 14.2 Å². The van der Waals surface area contributed by atoms with E-state index in [4.69, 9.17) is 0 Å². The maximum atomic E-state index is 13.9. The van der Waals surface area contributed by atoms with E-state index in [1.165, 1.54) is 26.4 Å². The summed E-state index contributed by atoms with van der Waals surface area (Å²) in [6.45, 7) is 0. The van der Waals surface area contributed by atoms with Gasteiger partial charge in [-0.15, -0.1) is 0 Å². The Balaban J connectivity index is 2.41. The lowest BCUT2D eigenvalue weighted by atomic mass is 10.0. The summed E-state index contributed by atoms with van der Waals surface area (Å²) < 4.78 is 23.0. The van der Waals surface area contributed by atoms with Crippen LogP contribution in [-0.4, -0.2) is 26.2 Å². The Bertz CT molecular complexity index is 694. The smallest absolute Gasteiger partial charge is 0.340 e. The maximum Gasteiger partial charge on any atom is 0.340 e. The topological polar surface area (TPSA) is 52.6 Å². The number of benzene rings is 2. The molecule has 0 bridgehead atoms. The Hall–Kier alpha value is -2.69. The summed E-state index contributed by atoms with van der Waals surface area (Å²) in [5, 5.41) is 0. The summed E-state index contributed by atoms with van der Waals surface area (Å²) in [5.41, 5.74) is 1.43. The minimum atomic E-state index is -0.734. The van der Waals surface area contributed by atoms with Gasteiger partial charge in [0.2, 0.25) is 0 Å². The molecule has 2 rings (SSSR count). The fourth-order valence-electron chi connectivity index (χ4n) is 1.91. The highest BCUT2D eigenvalue weighted by Crippen LogP contribution is 2.23. The first-order valence-electron chi connectivity index (χ1n) is 6.13. The zero-order chi connectivity index (χ0) is 15.4. The third-order valence-electron chi connectivity index (χ3n) is 2.99. The summed E-state index contributed by atoms with van der Waals surface area (Å²) in [4.78, 5) is 22.8. The van der Waals surface area contributed by atoms with Gasteiger partial charge in [-0.25, -0.2) is 14.0 Å².